The van der Waals surface area contributed by atoms with Gasteiger partial charge in [0.25, 0.3) is 11.8 Å². The first-order valence-electron chi connectivity index (χ1n) is 6.97. The van der Waals surface area contributed by atoms with E-state index in [0.29, 0.717) is 24.2 Å². The van der Waals surface area contributed by atoms with Crippen LogP contribution in [0.15, 0.2) is 30.0 Å². The van der Waals surface area contributed by atoms with E-state index in [1.165, 1.54) is 6.08 Å². The fourth-order valence-electron chi connectivity index (χ4n) is 2.60. The number of aliphatic hydroxyl groups is 1. The molecule has 0 aliphatic carbocycles. The third-order valence-corrected chi connectivity index (χ3v) is 3.65. The van der Waals surface area contributed by atoms with Crippen LogP contribution in [0.5, 0.6) is 0 Å². The molecule has 0 atom stereocenters. The molecule has 0 fully saturated rings. The summed E-state index contributed by atoms with van der Waals surface area (Å²) in [7, 11) is 0. The number of anilines is 2. The van der Waals surface area contributed by atoms with Gasteiger partial charge in [-0.1, -0.05) is 6.07 Å². The van der Waals surface area contributed by atoms with Gasteiger partial charge in [0.1, 0.15) is 5.70 Å². The Morgan fingerprint density at radius 1 is 1.23 bits per heavy atom. The molecule has 3 amide bonds. The van der Waals surface area contributed by atoms with Gasteiger partial charge in [0.15, 0.2) is 0 Å². The molecular weight excluding hydrogens is 286 g/mol. The molecular formula is C15H15N3O4. The van der Waals surface area contributed by atoms with Crippen molar-refractivity contribution in [2.24, 2.45) is 0 Å². The fourth-order valence-corrected chi connectivity index (χ4v) is 2.60. The predicted molar refractivity (Wildman–Crippen MR) is 78.9 cm³/mol. The van der Waals surface area contributed by atoms with E-state index in [1.807, 2.05) is 0 Å². The molecule has 114 valence electrons. The van der Waals surface area contributed by atoms with Gasteiger partial charge in [-0.25, -0.2) is 0 Å². The molecule has 1 aromatic carbocycles. The number of nitrogens with one attached hydrogen (secondary N) is 2. The van der Waals surface area contributed by atoms with Crippen molar-refractivity contribution in [1.82, 2.24) is 4.90 Å². The predicted octanol–water partition coefficient (Wildman–Crippen LogP) is 0.228. The quantitative estimate of drug-likeness (QED) is 0.691. The van der Waals surface area contributed by atoms with Crippen molar-refractivity contribution in [2.45, 2.75) is 12.8 Å². The number of carbonyl (C=O) groups is 3. The molecule has 7 heteroatoms. The topological polar surface area (TPSA) is 98.7 Å². The number of amides is 3. The van der Waals surface area contributed by atoms with Crippen LogP contribution in [0.2, 0.25) is 0 Å². The summed E-state index contributed by atoms with van der Waals surface area (Å²) >= 11 is 0. The van der Waals surface area contributed by atoms with Gasteiger partial charge >= 0.3 is 0 Å². The summed E-state index contributed by atoms with van der Waals surface area (Å²) in [5.74, 6) is -0.943. The molecule has 0 spiro atoms. The molecule has 22 heavy (non-hydrogen) atoms. The second-order valence-corrected chi connectivity index (χ2v) is 5.08. The molecule has 2 heterocycles. The minimum absolute atomic E-state index is 0.0255. The van der Waals surface area contributed by atoms with Gasteiger partial charge < -0.3 is 15.7 Å². The van der Waals surface area contributed by atoms with Crippen molar-refractivity contribution >= 4 is 29.1 Å². The van der Waals surface area contributed by atoms with Gasteiger partial charge in [0, 0.05) is 23.9 Å². The van der Waals surface area contributed by atoms with Crippen LogP contribution in [0, 0.1) is 0 Å². The number of imide groups is 1. The number of hydrogen-bond donors (Lipinski definition) is 3. The average molecular weight is 301 g/mol. The zero-order valence-corrected chi connectivity index (χ0v) is 11.8. The summed E-state index contributed by atoms with van der Waals surface area (Å²) in [5.41, 5.74) is 2.48. The highest BCUT2D eigenvalue weighted by Crippen LogP contribution is 2.30. The lowest BCUT2D eigenvalue weighted by atomic mass is 10.0. The summed E-state index contributed by atoms with van der Waals surface area (Å²) in [4.78, 5) is 36.3. The number of β-amino-alcohol motifs (C(OH)–C–C–N with tert-alkyl or cyclic N) is 1. The summed E-state index contributed by atoms with van der Waals surface area (Å²) in [5, 5.41) is 14.6. The largest absolute Gasteiger partial charge is 0.395 e. The zero-order valence-electron chi connectivity index (χ0n) is 11.8. The van der Waals surface area contributed by atoms with Gasteiger partial charge in [0.05, 0.1) is 13.2 Å². The highest BCUT2D eigenvalue weighted by molar-refractivity contribution is 6.17. The van der Waals surface area contributed by atoms with Gasteiger partial charge in [-0.2, -0.15) is 0 Å². The van der Waals surface area contributed by atoms with E-state index in [2.05, 4.69) is 10.6 Å². The van der Waals surface area contributed by atoms with Crippen molar-refractivity contribution in [3.8, 4) is 0 Å². The van der Waals surface area contributed by atoms with Crippen molar-refractivity contribution < 1.29 is 19.5 Å². The summed E-state index contributed by atoms with van der Waals surface area (Å²) < 4.78 is 0. The van der Waals surface area contributed by atoms with Gasteiger partial charge in [0.2, 0.25) is 5.91 Å². The molecule has 2 aliphatic heterocycles. The summed E-state index contributed by atoms with van der Waals surface area (Å²) in [6.07, 6.45) is 2.17. The molecule has 0 aromatic heterocycles. The Morgan fingerprint density at radius 2 is 2.05 bits per heavy atom. The maximum atomic E-state index is 12.1. The van der Waals surface area contributed by atoms with Crippen LogP contribution in [0.25, 0.3) is 0 Å². The first-order chi connectivity index (χ1) is 10.6. The maximum absolute atomic E-state index is 12.1. The lowest BCUT2D eigenvalue weighted by Gasteiger charge is -2.21. The monoisotopic (exact) mass is 301 g/mol. The Hall–Kier alpha value is -2.67. The minimum Gasteiger partial charge on any atom is -0.395 e. The zero-order chi connectivity index (χ0) is 15.7. The number of rotatable bonds is 4. The van der Waals surface area contributed by atoms with E-state index in [4.69, 9.17) is 5.11 Å². The third-order valence-electron chi connectivity index (χ3n) is 3.65. The Balaban J connectivity index is 1.84. The number of aliphatic hydroxyl groups excluding tert-OH is 1. The van der Waals surface area contributed by atoms with Crippen LogP contribution >= 0.6 is 0 Å². The van der Waals surface area contributed by atoms with E-state index < -0.39 is 11.8 Å². The van der Waals surface area contributed by atoms with Crippen LogP contribution < -0.4 is 10.6 Å². The molecule has 3 N–H and O–H groups in total. The van der Waals surface area contributed by atoms with E-state index in [1.54, 1.807) is 18.2 Å². The van der Waals surface area contributed by atoms with Crippen LogP contribution in [-0.4, -0.2) is 40.9 Å². The number of carbonyl (C=O) groups excluding carboxylic acids is 3. The average Bonchev–Trinajstić information content (AvgIpc) is 2.75. The molecule has 0 saturated carbocycles. The molecule has 0 unspecified atom stereocenters. The Bertz CT molecular complexity index is 696. The van der Waals surface area contributed by atoms with Crippen molar-refractivity contribution in [2.75, 3.05) is 23.8 Å². The first kappa shape index (κ1) is 14.3. The maximum Gasteiger partial charge on any atom is 0.277 e. The van der Waals surface area contributed by atoms with Gasteiger partial charge in [-0.15, -0.1) is 0 Å². The van der Waals surface area contributed by atoms with Crippen molar-refractivity contribution in [1.29, 1.82) is 0 Å². The number of nitrogens with zero attached hydrogens (tertiary/aromatic N) is 1. The Kier molecular flexibility index (Phi) is 3.64. The van der Waals surface area contributed by atoms with Crippen LogP contribution in [0.1, 0.15) is 12.0 Å². The molecule has 3 rings (SSSR count). The van der Waals surface area contributed by atoms with E-state index in [0.717, 1.165) is 10.5 Å². The van der Waals surface area contributed by atoms with Crippen LogP contribution in [0.3, 0.4) is 0 Å². The number of hydrogen-bond acceptors (Lipinski definition) is 5. The second kappa shape index (κ2) is 5.61. The van der Waals surface area contributed by atoms with Gasteiger partial charge in [-0.05, 0) is 24.1 Å². The number of benzene rings is 1. The lowest BCUT2D eigenvalue weighted by molar-refractivity contribution is -0.137. The van der Waals surface area contributed by atoms with Gasteiger partial charge in [-0.3, -0.25) is 19.3 Å². The van der Waals surface area contributed by atoms with Crippen molar-refractivity contribution in [3.05, 3.63) is 35.5 Å². The van der Waals surface area contributed by atoms with Crippen LogP contribution in [0.4, 0.5) is 11.4 Å². The molecule has 0 saturated heterocycles. The van der Waals surface area contributed by atoms with E-state index in [9.17, 15) is 14.4 Å². The minimum atomic E-state index is -0.462. The van der Waals surface area contributed by atoms with Crippen molar-refractivity contribution in [3.63, 3.8) is 0 Å². The highest BCUT2D eigenvalue weighted by Gasteiger charge is 2.31. The van der Waals surface area contributed by atoms with Crippen LogP contribution in [-0.2, 0) is 20.8 Å². The lowest BCUT2D eigenvalue weighted by Crippen LogP contribution is -2.34. The highest BCUT2D eigenvalue weighted by atomic mass is 16.3. The molecule has 2 aliphatic rings. The first-order valence-corrected chi connectivity index (χ1v) is 6.97. The van der Waals surface area contributed by atoms with E-state index in [-0.39, 0.29) is 24.8 Å². The van der Waals surface area contributed by atoms with E-state index >= 15 is 0 Å². The number of fused-ring (bicyclic) bond motifs is 1. The summed E-state index contributed by atoms with van der Waals surface area (Å²) in [6.45, 7) is -0.298. The SMILES string of the molecule is O=C1CCc2c(cccc2NC2=CC(=O)N(CCO)C2=O)N1. The Labute approximate surface area is 126 Å². The smallest absolute Gasteiger partial charge is 0.277 e. The normalized spacial score (nSPS) is 17.2. The third kappa shape index (κ3) is 2.46. The second-order valence-electron chi connectivity index (χ2n) is 5.08. The molecule has 0 radical (unpaired) electrons. The standard InChI is InChI=1S/C15H15N3O4/c19-7-6-18-14(21)8-12(15(18)22)16-10-2-1-3-11-9(10)4-5-13(20)17-11/h1-3,8,16,19H,4-7H2,(H,17,20). The molecule has 0 bridgehead atoms. The fraction of sp³-hybridized carbons (Fsp3) is 0.267. The Morgan fingerprint density at radius 3 is 2.82 bits per heavy atom. The molecule has 7 nitrogen and oxygen atoms in total. The molecule has 1 aromatic rings. The summed E-state index contributed by atoms with van der Waals surface area (Å²) in [6, 6.07) is 5.36.